The van der Waals surface area contributed by atoms with Crippen molar-refractivity contribution >= 4 is 22.8 Å². The number of piperazine rings is 1. The van der Waals surface area contributed by atoms with E-state index in [1.807, 2.05) is 12.1 Å². The third-order valence-corrected chi connectivity index (χ3v) is 7.89. The molecule has 7 heteroatoms. The molecule has 6 nitrogen and oxygen atoms in total. The lowest BCUT2D eigenvalue weighted by Gasteiger charge is -2.42. The molecular formula is C28H33N3O3S. The van der Waals surface area contributed by atoms with Gasteiger partial charge in [0.25, 0.3) is 0 Å². The summed E-state index contributed by atoms with van der Waals surface area (Å²) in [6.45, 7) is 2.95. The van der Waals surface area contributed by atoms with E-state index in [4.69, 9.17) is 9.47 Å². The van der Waals surface area contributed by atoms with Gasteiger partial charge in [-0.3, -0.25) is 14.7 Å². The van der Waals surface area contributed by atoms with Gasteiger partial charge in [-0.2, -0.15) is 0 Å². The molecule has 184 valence electrons. The third kappa shape index (κ3) is 5.85. The molecule has 0 amide bonds. The van der Waals surface area contributed by atoms with Crippen LogP contribution >= 0.6 is 11.3 Å². The van der Waals surface area contributed by atoms with Gasteiger partial charge in [-0.15, -0.1) is 11.3 Å². The van der Waals surface area contributed by atoms with Gasteiger partial charge in [0, 0.05) is 43.6 Å². The zero-order chi connectivity index (χ0) is 24.0. The van der Waals surface area contributed by atoms with Crippen LogP contribution in [-0.4, -0.2) is 61.1 Å². The number of nitrogens with zero attached hydrogens (tertiary/aromatic N) is 3. The Morgan fingerprint density at radius 2 is 1.91 bits per heavy atom. The molecule has 3 aromatic rings. The number of rotatable bonds is 9. The van der Waals surface area contributed by atoms with Gasteiger partial charge in [0.1, 0.15) is 0 Å². The smallest absolute Gasteiger partial charge is 0.188 e. The second-order valence-corrected chi connectivity index (χ2v) is 10.3. The monoisotopic (exact) mass is 491 g/mol. The zero-order valence-corrected chi connectivity index (χ0v) is 21.1. The van der Waals surface area contributed by atoms with Gasteiger partial charge in [-0.1, -0.05) is 30.3 Å². The number of Topliss-reactive ketones (excluding diaryl/α,β-unsaturated/α-hetero) is 1. The number of ether oxygens (including phenoxy) is 2. The average Bonchev–Trinajstić information content (AvgIpc) is 3.61. The number of benzene rings is 2. The molecular weight excluding hydrogens is 458 g/mol. The van der Waals surface area contributed by atoms with E-state index in [1.54, 1.807) is 18.8 Å². The third-order valence-electron chi connectivity index (χ3n) is 7.08. The van der Waals surface area contributed by atoms with E-state index in [0.29, 0.717) is 6.54 Å². The topological polar surface area (TPSA) is 54.9 Å². The van der Waals surface area contributed by atoms with Crippen LogP contribution in [0.3, 0.4) is 0 Å². The summed E-state index contributed by atoms with van der Waals surface area (Å²) in [5.74, 6) is 1.77. The average molecular weight is 492 g/mol. The first kappa shape index (κ1) is 23.8. The number of hydrogen-bond donors (Lipinski definition) is 0. The van der Waals surface area contributed by atoms with Crippen LogP contribution < -0.4 is 14.4 Å². The molecule has 2 heterocycles. The number of anilines is 1. The van der Waals surface area contributed by atoms with Crippen molar-refractivity contribution in [3.05, 3.63) is 70.7 Å². The number of aromatic nitrogens is 1. The molecule has 0 unspecified atom stereocenters. The Morgan fingerprint density at radius 3 is 2.66 bits per heavy atom. The summed E-state index contributed by atoms with van der Waals surface area (Å²) in [4.78, 5) is 22.5. The van der Waals surface area contributed by atoms with E-state index < -0.39 is 0 Å². The summed E-state index contributed by atoms with van der Waals surface area (Å²) in [6.07, 6.45) is 7.54. The van der Waals surface area contributed by atoms with Crippen molar-refractivity contribution in [2.45, 2.75) is 44.2 Å². The largest absolute Gasteiger partial charge is 0.493 e. The molecule has 1 saturated heterocycles. The van der Waals surface area contributed by atoms with E-state index in [0.717, 1.165) is 61.0 Å². The maximum Gasteiger partial charge on any atom is 0.188 e. The Balaban J connectivity index is 1.34. The minimum absolute atomic E-state index is 0.149. The van der Waals surface area contributed by atoms with Crippen molar-refractivity contribution < 1.29 is 14.3 Å². The molecule has 0 radical (unpaired) electrons. The number of methoxy groups -OCH3 is 1. The highest BCUT2D eigenvalue weighted by Crippen LogP contribution is 2.36. The van der Waals surface area contributed by atoms with Crippen molar-refractivity contribution in [2.24, 2.45) is 0 Å². The lowest BCUT2D eigenvalue weighted by Crippen LogP contribution is -2.55. The number of carbonyl (C=O) groups excluding carboxylic acids is 1. The molecule has 5 rings (SSSR count). The Morgan fingerprint density at radius 1 is 1.09 bits per heavy atom. The van der Waals surface area contributed by atoms with Crippen LogP contribution in [0.25, 0.3) is 0 Å². The number of hydrogen-bond acceptors (Lipinski definition) is 7. The van der Waals surface area contributed by atoms with E-state index in [9.17, 15) is 4.79 Å². The van der Waals surface area contributed by atoms with Gasteiger partial charge in [-0.25, -0.2) is 0 Å². The van der Waals surface area contributed by atoms with E-state index in [1.165, 1.54) is 29.7 Å². The summed E-state index contributed by atoms with van der Waals surface area (Å²) >= 11 is 1.42. The summed E-state index contributed by atoms with van der Waals surface area (Å²) < 4.78 is 12.0. The van der Waals surface area contributed by atoms with E-state index in [-0.39, 0.29) is 17.9 Å². The van der Waals surface area contributed by atoms with E-state index >= 15 is 0 Å². The molecule has 1 aliphatic heterocycles. The molecule has 1 aromatic heterocycles. The zero-order valence-electron chi connectivity index (χ0n) is 20.3. The molecule has 1 atom stereocenters. The SMILES string of the molecule is COc1ccc(N2CCN(CC(=O)c3cncs3)[C@@H](Cc3ccccc3)C2)cc1OC1CCCC1. The molecule has 0 bridgehead atoms. The van der Waals surface area contributed by atoms with Gasteiger partial charge in [0.2, 0.25) is 0 Å². The second kappa shape index (κ2) is 11.2. The van der Waals surface area contributed by atoms with Gasteiger partial charge in [0.15, 0.2) is 17.3 Å². The van der Waals surface area contributed by atoms with Crippen molar-refractivity contribution in [3.8, 4) is 11.5 Å². The highest BCUT2D eigenvalue weighted by molar-refractivity contribution is 7.11. The minimum Gasteiger partial charge on any atom is -0.493 e. The standard InChI is InChI=1S/C28H33N3O3S/c1-33-26-12-11-22(16-27(26)34-24-9-5-6-10-24)30-13-14-31(19-25(32)28-17-29-20-35-28)23(18-30)15-21-7-3-2-4-8-21/h2-4,7-8,11-12,16-17,20,23-24H,5-6,9-10,13-15,18-19H2,1H3/t23-/m0/s1. The molecule has 0 spiro atoms. The number of ketones is 1. The molecule has 2 aromatic carbocycles. The predicted molar refractivity (Wildman–Crippen MR) is 140 cm³/mol. The first-order chi connectivity index (χ1) is 17.2. The van der Waals surface area contributed by atoms with Crippen molar-refractivity contribution in [2.75, 3.05) is 38.2 Å². The minimum atomic E-state index is 0.149. The summed E-state index contributed by atoms with van der Waals surface area (Å²) in [6, 6.07) is 17.1. The maximum atomic E-state index is 12.9. The molecule has 2 fully saturated rings. The summed E-state index contributed by atoms with van der Waals surface area (Å²) in [5.41, 5.74) is 4.15. The van der Waals surface area contributed by atoms with Crippen LogP contribution in [0.2, 0.25) is 0 Å². The van der Waals surface area contributed by atoms with Crippen LogP contribution in [0.5, 0.6) is 11.5 Å². The highest BCUT2D eigenvalue weighted by atomic mass is 32.1. The fourth-order valence-electron chi connectivity index (χ4n) is 5.17. The molecule has 1 saturated carbocycles. The predicted octanol–water partition coefficient (Wildman–Crippen LogP) is 5.09. The van der Waals surface area contributed by atoms with Gasteiger partial charge < -0.3 is 14.4 Å². The van der Waals surface area contributed by atoms with Crippen LogP contribution in [-0.2, 0) is 6.42 Å². The molecule has 35 heavy (non-hydrogen) atoms. The fourth-order valence-corrected chi connectivity index (χ4v) is 5.72. The molecule has 1 aliphatic carbocycles. The van der Waals surface area contributed by atoms with Gasteiger partial charge in [0.05, 0.1) is 30.1 Å². The normalized spacial score (nSPS) is 19.1. The molecule has 2 aliphatic rings. The Bertz CT molecular complexity index is 1100. The lowest BCUT2D eigenvalue weighted by atomic mass is 10.0. The summed E-state index contributed by atoms with van der Waals surface area (Å²) in [7, 11) is 1.70. The van der Waals surface area contributed by atoms with E-state index in [2.05, 4.69) is 51.2 Å². The lowest BCUT2D eigenvalue weighted by molar-refractivity contribution is 0.0879. The number of thiazole rings is 1. The van der Waals surface area contributed by atoms with Crippen LogP contribution in [0.4, 0.5) is 5.69 Å². The van der Waals surface area contributed by atoms with Gasteiger partial charge >= 0.3 is 0 Å². The number of carbonyl (C=O) groups is 1. The van der Waals surface area contributed by atoms with Crippen molar-refractivity contribution in [1.82, 2.24) is 9.88 Å². The Hall–Kier alpha value is -2.90. The maximum absolute atomic E-state index is 12.9. The fraction of sp³-hybridized carbons (Fsp3) is 0.429. The quantitative estimate of drug-likeness (QED) is 0.389. The van der Waals surface area contributed by atoms with Crippen molar-refractivity contribution in [3.63, 3.8) is 0 Å². The highest BCUT2D eigenvalue weighted by Gasteiger charge is 2.30. The van der Waals surface area contributed by atoms with Crippen LogP contribution in [0.15, 0.2) is 60.2 Å². The first-order valence-electron chi connectivity index (χ1n) is 12.5. The summed E-state index contributed by atoms with van der Waals surface area (Å²) in [5, 5.41) is 0. The van der Waals surface area contributed by atoms with Crippen molar-refractivity contribution in [1.29, 1.82) is 0 Å². The second-order valence-electron chi connectivity index (χ2n) is 9.41. The van der Waals surface area contributed by atoms with Gasteiger partial charge in [-0.05, 0) is 49.8 Å². The van der Waals surface area contributed by atoms with Crippen LogP contribution in [0.1, 0.15) is 40.9 Å². The molecule has 0 N–H and O–H groups in total. The Labute approximate surface area is 211 Å². The first-order valence-corrected chi connectivity index (χ1v) is 13.4. The Kier molecular flexibility index (Phi) is 7.64. The van der Waals surface area contributed by atoms with Crippen LogP contribution in [0, 0.1) is 0 Å².